The van der Waals surface area contributed by atoms with Gasteiger partial charge in [-0.2, -0.15) is 5.26 Å². The van der Waals surface area contributed by atoms with E-state index in [1.54, 1.807) is 6.08 Å². The van der Waals surface area contributed by atoms with Gasteiger partial charge >= 0.3 is 0 Å². The zero-order chi connectivity index (χ0) is 23.1. The first-order chi connectivity index (χ1) is 16.2. The molecule has 4 rings (SSSR count). The number of ketones is 1. The molecule has 0 atom stereocenters. The molecule has 33 heavy (non-hydrogen) atoms. The van der Waals surface area contributed by atoms with Crippen molar-refractivity contribution in [2.75, 3.05) is 0 Å². The summed E-state index contributed by atoms with van der Waals surface area (Å²) >= 11 is 0. The topological polar surface area (TPSA) is 40.9 Å². The second kappa shape index (κ2) is 10.1. The van der Waals surface area contributed by atoms with Crippen molar-refractivity contribution in [1.29, 1.82) is 5.26 Å². The number of benzene rings is 4. The van der Waals surface area contributed by atoms with Gasteiger partial charge in [0.15, 0.2) is 5.78 Å². The van der Waals surface area contributed by atoms with Crippen LogP contribution in [0.1, 0.15) is 12.5 Å². The van der Waals surface area contributed by atoms with Gasteiger partial charge in [0.1, 0.15) is 11.4 Å². The first-order valence-electron chi connectivity index (χ1n) is 10.8. The van der Waals surface area contributed by atoms with E-state index in [-0.39, 0.29) is 11.1 Å². The highest BCUT2D eigenvalue weighted by atomic mass is 31.2. The molecule has 2 nitrogen and oxygen atoms in total. The molecule has 0 amide bonds. The molecule has 0 radical (unpaired) electrons. The number of hydrogen-bond donors (Lipinski definition) is 0. The minimum Gasteiger partial charge on any atom is -0.288 e. The molecule has 0 fully saturated rings. The lowest BCUT2D eigenvalue weighted by Crippen LogP contribution is -2.32. The Kier molecular flexibility index (Phi) is 6.84. The van der Waals surface area contributed by atoms with Crippen LogP contribution in [0, 0.1) is 11.3 Å². The lowest BCUT2D eigenvalue weighted by atomic mass is 10.1. The van der Waals surface area contributed by atoms with Gasteiger partial charge in [-0.1, -0.05) is 121 Å². The van der Waals surface area contributed by atoms with E-state index in [4.69, 9.17) is 0 Å². The Hall–Kier alpha value is -3.92. The summed E-state index contributed by atoms with van der Waals surface area (Å²) in [5.74, 6) is -0.247. The lowest BCUT2D eigenvalue weighted by molar-refractivity contribution is -0.108. The Morgan fingerprint density at radius 1 is 0.667 bits per heavy atom. The highest BCUT2D eigenvalue weighted by Gasteiger charge is 2.32. The van der Waals surface area contributed by atoms with Crippen LogP contribution >= 0.6 is 6.89 Å². The molecule has 0 aliphatic heterocycles. The van der Waals surface area contributed by atoms with Crippen molar-refractivity contribution in [2.24, 2.45) is 0 Å². The van der Waals surface area contributed by atoms with Crippen molar-refractivity contribution in [3.8, 4) is 6.07 Å². The summed E-state index contributed by atoms with van der Waals surface area (Å²) < 4.78 is 0. The first kappa shape index (κ1) is 22.3. The predicted molar refractivity (Wildman–Crippen MR) is 141 cm³/mol. The van der Waals surface area contributed by atoms with Crippen LogP contribution in [0.5, 0.6) is 0 Å². The van der Waals surface area contributed by atoms with Crippen LogP contribution in [-0.4, -0.2) is 11.1 Å². The SMILES string of the molecule is CC(=CC(=O)C(C#N)=P(c1ccccc1)(c1ccccc1)c1ccccc1)c1ccccc1. The molecule has 4 aromatic rings. The van der Waals surface area contributed by atoms with Crippen LogP contribution < -0.4 is 15.9 Å². The molecular formula is C30H24NOP. The van der Waals surface area contributed by atoms with E-state index in [9.17, 15) is 10.1 Å². The molecule has 0 bridgehead atoms. The van der Waals surface area contributed by atoms with E-state index in [0.717, 1.165) is 27.1 Å². The summed E-state index contributed by atoms with van der Waals surface area (Å²) in [5.41, 5.74) is 1.80. The molecule has 160 valence electrons. The van der Waals surface area contributed by atoms with Gasteiger partial charge in [0, 0.05) is 0 Å². The number of nitriles is 1. The van der Waals surface area contributed by atoms with Crippen molar-refractivity contribution < 1.29 is 4.79 Å². The number of carbonyl (C=O) groups excluding carboxylic acids is 1. The van der Waals surface area contributed by atoms with Gasteiger partial charge in [-0.25, -0.2) is 0 Å². The van der Waals surface area contributed by atoms with E-state index < -0.39 is 6.89 Å². The smallest absolute Gasteiger partial charge is 0.197 e. The third-order valence-corrected chi connectivity index (χ3v) is 9.89. The van der Waals surface area contributed by atoms with Gasteiger partial charge in [-0.15, -0.1) is 0 Å². The third-order valence-electron chi connectivity index (χ3n) is 5.68. The molecule has 4 aromatic carbocycles. The van der Waals surface area contributed by atoms with E-state index in [1.165, 1.54) is 0 Å². The molecule has 0 saturated carbocycles. The van der Waals surface area contributed by atoms with Crippen molar-refractivity contribution >= 4 is 39.4 Å². The quantitative estimate of drug-likeness (QED) is 0.297. The number of allylic oxidation sites excluding steroid dienone is 2. The standard InChI is InChI=1S/C30H24NOP/c1-24(25-14-6-2-7-15-25)22-29(32)30(23-31)33(26-16-8-3-9-17-26,27-18-10-4-11-19-27)28-20-12-5-13-21-28/h2-22H,1H3. The van der Waals surface area contributed by atoms with E-state index >= 15 is 0 Å². The van der Waals surface area contributed by atoms with Crippen LogP contribution in [-0.2, 0) is 4.79 Å². The number of nitrogens with zero attached hydrogens (tertiary/aromatic N) is 1. The number of carbonyl (C=O) groups is 1. The van der Waals surface area contributed by atoms with E-state index in [1.807, 2.05) is 128 Å². The monoisotopic (exact) mass is 445 g/mol. The fourth-order valence-electron chi connectivity index (χ4n) is 4.13. The molecule has 3 heteroatoms. The Morgan fingerprint density at radius 3 is 1.39 bits per heavy atom. The summed E-state index contributed by atoms with van der Waals surface area (Å²) in [5, 5.41) is 13.7. The maximum Gasteiger partial charge on any atom is 0.197 e. The molecule has 0 aliphatic rings. The fraction of sp³-hybridized carbons (Fsp3) is 0.0333. The van der Waals surface area contributed by atoms with Gasteiger partial charge in [-0.3, -0.25) is 4.79 Å². The number of rotatable bonds is 6. The Morgan fingerprint density at radius 2 is 1.03 bits per heavy atom. The molecule has 0 unspecified atom stereocenters. The van der Waals surface area contributed by atoms with E-state index in [0.29, 0.717) is 0 Å². The van der Waals surface area contributed by atoms with Crippen molar-refractivity contribution in [1.82, 2.24) is 0 Å². The Labute approximate surface area is 195 Å². The highest BCUT2D eigenvalue weighted by molar-refractivity contribution is 7.97. The molecular weight excluding hydrogens is 421 g/mol. The minimum absolute atomic E-state index is 0.247. The zero-order valence-corrected chi connectivity index (χ0v) is 19.3. The van der Waals surface area contributed by atoms with Crippen LogP contribution in [0.2, 0.25) is 0 Å². The van der Waals surface area contributed by atoms with Crippen LogP contribution in [0.4, 0.5) is 0 Å². The minimum atomic E-state index is -2.71. The fourth-order valence-corrected chi connectivity index (χ4v) is 8.21. The van der Waals surface area contributed by atoms with Crippen molar-refractivity contribution in [3.63, 3.8) is 0 Å². The highest BCUT2D eigenvalue weighted by Crippen LogP contribution is 2.46. The molecule has 0 aliphatic carbocycles. The maximum atomic E-state index is 13.8. The lowest BCUT2D eigenvalue weighted by Gasteiger charge is -2.29. The van der Waals surface area contributed by atoms with Crippen molar-refractivity contribution in [2.45, 2.75) is 6.92 Å². The van der Waals surface area contributed by atoms with Gasteiger partial charge in [-0.05, 0) is 46.9 Å². The summed E-state index contributed by atoms with van der Waals surface area (Å²) in [6.45, 7) is -0.793. The first-order valence-corrected chi connectivity index (χ1v) is 12.6. The van der Waals surface area contributed by atoms with Crippen LogP contribution in [0.3, 0.4) is 0 Å². The Bertz CT molecular complexity index is 1260. The van der Waals surface area contributed by atoms with Gasteiger partial charge < -0.3 is 0 Å². The molecule has 0 heterocycles. The molecule has 0 saturated heterocycles. The van der Waals surface area contributed by atoms with Crippen LogP contribution in [0.15, 0.2) is 127 Å². The molecule has 0 N–H and O–H groups in total. The van der Waals surface area contributed by atoms with Gasteiger partial charge in [0.05, 0.1) is 0 Å². The third kappa shape index (κ3) is 4.37. The molecule has 0 aromatic heterocycles. The summed E-state index contributed by atoms with van der Waals surface area (Å²) in [7, 11) is 0. The maximum absolute atomic E-state index is 13.8. The van der Waals surface area contributed by atoms with Gasteiger partial charge in [0.2, 0.25) is 0 Å². The number of hydrogen-bond acceptors (Lipinski definition) is 2. The average Bonchev–Trinajstić information content (AvgIpc) is 2.89. The second-order valence-electron chi connectivity index (χ2n) is 7.70. The summed E-state index contributed by atoms with van der Waals surface area (Å²) in [6.07, 6.45) is 1.61. The van der Waals surface area contributed by atoms with Crippen LogP contribution in [0.25, 0.3) is 5.57 Å². The predicted octanol–water partition coefficient (Wildman–Crippen LogP) is 5.35. The normalized spacial score (nSPS) is 11.5. The summed E-state index contributed by atoms with van der Waals surface area (Å²) in [6, 6.07) is 42.1. The second-order valence-corrected chi connectivity index (χ2v) is 11.0. The van der Waals surface area contributed by atoms with Gasteiger partial charge in [0.25, 0.3) is 0 Å². The molecule has 0 spiro atoms. The zero-order valence-electron chi connectivity index (χ0n) is 18.4. The largest absolute Gasteiger partial charge is 0.288 e. The van der Waals surface area contributed by atoms with Crippen molar-refractivity contribution in [3.05, 3.63) is 133 Å². The Balaban J connectivity index is 2.11. The van der Waals surface area contributed by atoms with E-state index in [2.05, 4.69) is 6.07 Å². The average molecular weight is 446 g/mol. The summed E-state index contributed by atoms with van der Waals surface area (Å²) in [4.78, 5) is 13.8.